The molecule has 0 saturated heterocycles. The summed E-state index contributed by atoms with van der Waals surface area (Å²) in [7, 11) is 0. The monoisotopic (exact) mass is 708 g/mol. The summed E-state index contributed by atoms with van der Waals surface area (Å²) in [5.74, 6) is 0. The quantitative estimate of drug-likeness (QED) is 0.167. The highest BCUT2D eigenvalue weighted by Gasteiger charge is 2.21. The molecule has 0 N–H and O–H groups in total. The zero-order valence-corrected chi connectivity index (χ0v) is 30.0. The highest BCUT2D eigenvalue weighted by Crippen LogP contribution is 2.49. The van der Waals surface area contributed by atoms with Gasteiger partial charge in [-0.05, 0) is 96.5 Å². The lowest BCUT2D eigenvalue weighted by atomic mass is 9.84. The van der Waals surface area contributed by atoms with Gasteiger partial charge in [-0.2, -0.15) is 0 Å². The van der Waals surface area contributed by atoms with Gasteiger partial charge >= 0.3 is 0 Å². The maximum Gasteiger partial charge on any atom is 0.143 e. The van der Waals surface area contributed by atoms with Crippen LogP contribution in [0.25, 0.3) is 118 Å². The van der Waals surface area contributed by atoms with E-state index in [9.17, 15) is 0 Å². The zero-order chi connectivity index (χ0) is 34.6. The van der Waals surface area contributed by atoms with Gasteiger partial charge in [0.05, 0.1) is 0 Å². The molecule has 1 nitrogen and oxygen atoms in total. The Bertz CT molecular complexity index is 3390. The Labute approximate surface area is 312 Å². The predicted octanol–water partition coefficient (Wildman–Crippen LogP) is 15.6. The van der Waals surface area contributed by atoms with Crippen molar-refractivity contribution in [3.63, 3.8) is 0 Å². The molecule has 0 unspecified atom stereocenters. The molecule has 0 fully saturated rings. The summed E-state index contributed by atoms with van der Waals surface area (Å²) in [4.78, 5) is 0. The molecule has 0 radical (unpaired) electrons. The van der Waals surface area contributed by atoms with Crippen LogP contribution in [0, 0.1) is 0 Å². The first-order valence-corrected chi connectivity index (χ1v) is 19.7. The van der Waals surface area contributed by atoms with Gasteiger partial charge in [-0.25, -0.2) is 0 Å². The molecule has 0 aliphatic carbocycles. The van der Waals surface area contributed by atoms with Gasteiger partial charge in [0.1, 0.15) is 11.2 Å². The molecule has 0 spiro atoms. The second kappa shape index (κ2) is 11.1. The van der Waals surface area contributed by atoms with Crippen molar-refractivity contribution in [2.75, 3.05) is 0 Å². The summed E-state index contributed by atoms with van der Waals surface area (Å²) in [6, 6.07) is 60.2. The molecule has 3 heteroatoms. The van der Waals surface area contributed by atoms with Gasteiger partial charge < -0.3 is 4.42 Å². The minimum atomic E-state index is 0.919. The summed E-state index contributed by atoms with van der Waals surface area (Å²) in [5, 5.41) is 16.0. The van der Waals surface area contributed by atoms with Gasteiger partial charge in [-0.15, -0.1) is 22.7 Å². The Hall–Kier alpha value is -6.26. The third kappa shape index (κ3) is 4.24. The van der Waals surface area contributed by atoms with Crippen LogP contribution in [-0.4, -0.2) is 0 Å². The van der Waals surface area contributed by atoms with E-state index in [0.717, 1.165) is 27.3 Å². The second-order valence-electron chi connectivity index (χ2n) is 14.0. The van der Waals surface area contributed by atoms with Gasteiger partial charge in [0.25, 0.3) is 0 Å². The number of hydrogen-bond acceptors (Lipinski definition) is 3. The second-order valence-corrected chi connectivity index (χ2v) is 16.0. The summed E-state index contributed by atoms with van der Waals surface area (Å²) >= 11 is 3.74. The highest BCUT2D eigenvalue weighted by atomic mass is 32.1. The molecule has 0 saturated carbocycles. The molecule has 246 valence electrons. The smallest absolute Gasteiger partial charge is 0.143 e. The number of benzene rings is 9. The number of thiophene rings is 2. The van der Waals surface area contributed by atoms with E-state index in [2.05, 4.69) is 163 Å². The molecule has 0 amide bonds. The SMILES string of the molecule is c1ccc(-c2csc3cc4c(cc23)sc2ccc(-c3c5ccccc5c(-c5cc6c7ccccc7oc6c6ccccc56)c5ccccc35)cc24)cc1. The van der Waals surface area contributed by atoms with E-state index in [-0.39, 0.29) is 0 Å². The van der Waals surface area contributed by atoms with Crippen molar-refractivity contribution in [2.45, 2.75) is 0 Å². The van der Waals surface area contributed by atoms with Crippen LogP contribution in [0.3, 0.4) is 0 Å². The largest absolute Gasteiger partial charge is 0.455 e. The number of furan rings is 1. The van der Waals surface area contributed by atoms with Crippen molar-refractivity contribution in [3.05, 3.63) is 169 Å². The molecular weight excluding hydrogens is 681 g/mol. The molecule has 3 heterocycles. The maximum atomic E-state index is 6.51. The summed E-state index contributed by atoms with van der Waals surface area (Å²) < 4.78 is 10.5. The molecule has 9 aromatic carbocycles. The maximum absolute atomic E-state index is 6.51. The molecule has 0 aliphatic heterocycles. The molecule has 0 bridgehead atoms. The fourth-order valence-corrected chi connectivity index (χ4v) is 10.9. The Balaban J connectivity index is 1.13. The first-order chi connectivity index (χ1) is 26.3. The molecule has 12 aromatic rings. The number of rotatable bonds is 3. The van der Waals surface area contributed by atoms with Crippen LogP contribution in [0.1, 0.15) is 0 Å². The van der Waals surface area contributed by atoms with Crippen molar-refractivity contribution >= 4 is 107 Å². The van der Waals surface area contributed by atoms with E-state index in [1.54, 1.807) is 0 Å². The Morgan fingerprint density at radius 2 is 0.943 bits per heavy atom. The molecule has 12 rings (SSSR count). The van der Waals surface area contributed by atoms with Gasteiger partial charge in [-0.1, -0.05) is 127 Å². The van der Waals surface area contributed by atoms with E-state index in [1.165, 1.54) is 90.6 Å². The van der Waals surface area contributed by atoms with E-state index < -0.39 is 0 Å². The number of hydrogen-bond donors (Lipinski definition) is 0. The van der Waals surface area contributed by atoms with Crippen molar-refractivity contribution in [1.29, 1.82) is 0 Å². The normalized spacial score (nSPS) is 12.2. The van der Waals surface area contributed by atoms with Crippen LogP contribution in [0.2, 0.25) is 0 Å². The van der Waals surface area contributed by atoms with Crippen LogP contribution < -0.4 is 0 Å². The molecule has 3 aromatic heterocycles. The number of fused-ring (bicyclic) bond motifs is 11. The third-order valence-corrected chi connectivity index (χ3v) is 13.2. The van der Waals surface area contributed by atoms with Crippen LogP contribution >= 0.6 is 22.7 Å². The average molecular weight is 709 g/mol. The lowest BCUT2D eigenvalue weighted by Gasteiger charge is -2.19. The van der Waals surface area contributed by atoms with E-state index >= 15 is 0 Å². The van der Waals surface area contributed by atoms with Gasteiger partial charge in [0.2, 0.25) is 0 Å². The first-order valence-electron chi connectivity index (χ1n) is 18.0. The first kappa shape index (κ1) is 29.3. The van der Waals surface area contributed by atoms with E-state index in [0.29, 0.717) is 0 Å². The average Bonchev–Trinajstić information content (AvgIpc) is 3.92. The van der Waals surface area contributed by atoms with Crippen molar-refractivity contribution in [2.24, 2.45) is 0 Å². The summed E-state index contributed by atoms with van der Waals surface area (Å²) in [5.41, 5.74) is 9.47. The fourth-order valence-electron chi connectivity index (χ4n) is 8.78. The van der Waals surface area contributed by atoms with Crippen molar-refractivity contribution in [1.82, 2.24) is 0 Å². The van der Waals surface area contributed by atoms with E-state index in [4.69, 9.17) is 4.42 Å². The van der Waals surface area contributed by atoms with Crippen LogP contribution in [0.5, 0.6) is 0 Å². The van der Waals surface area contributed by atoms with Crippen molar-refractivity contribution < 1.29 is 4.42 Å². The molecule has 0 aliphatic rings. The standard InChI is InChI=1S/C50H28OS2/c1-2-12-29(13-3-1)43-28-52-46-26-39-38-24-30(22-23-45(38)53-47(39)27-40(43)46)48-33-16-5-7-18-35(33)49(36-19-8-6-17-34(36)48)41-25-42-32-15-10-11-21-44(32)51-50(42)37-20-9-4-14-31(37)41/h1-28H. The third-order valence-electron chi connectivity index (χ3n) is 11.1. The Kier molecular flexibility index (Phi) is 6.15. The highest BCUT2D eigenvalue weighted by molar-refractivity contribution is 7.26. The van der Waals surface area contributed by atoms with Crippen LogP contribution in [0.4, 0.5) is 0 Å². The van der Waals surface area contributed by atoms with Gasteiger partial charge in [0.15, 0.2) is 0 Å². The number of para-hydroxylation sites is 1. The minimum Gasteiger partial charge on any atom is -0.455 e. The van der Waals surface area contributed by atoms with Crippen molar-refractivity contribution in [3.8, 4) is 33.4 Å². The summed E-state index contributed by atoms with van der Waals surface area (Å²) in [6.45, 7) is 0. The lowest BCUT2D eigenvalue weighted by molar-refractivity contribution is 0.672. The molecule has 53 heavy (non-hydrogen) atoms. The summed E-state index contributed by atoms with van der Waals surface area (Å²) in [6.07, 6.45) is 0. The minimum absolute atomic E-state index is 0.919. The topological polar surface area (TPSA) is 13.1 Å². The van der Waals surface area contributed by atoms with Gasteiger partial charge in [-0.3, -0.25) is 0 Å². The molecule has 0 atom stereocenters. The van der Waals surface area contributed by atoms with Crippen LogP contribution in [0.15, 0.2) is 174 Å². The zero-order valence-electron chi connectivity index (χ0n) is 28.4. The predicted molar refractivity (Wildman–Crippen MR) is 231 cm³/mol. The van der Waals surface area contributed by atoms with Crippen LogP contribution in [-0.2, 0) is 0 Å². The van der Waals surface area contributed by atoms with Gasteiger partial charge in [0, 0.05) is 52.0 Å². The Morgan fingerprint density at radius 3 is 1.70 bits per heavy atom. The fraction of sp³-hybridized carbons (Fsp3) is 0. The Morgan fingerprint density at radius 1 is 0.340 bits per heavy atom. The lowest BCUT2D eigenvalue weighted by Crippen LogP contribution is -1.92. The van der Waals surface area contributed by atoms with E-state index in [1.807, 2.05) is 28.7 Å². The molecular formula is C50H28OS2.